The second kappa shape index (κ2) is 8.82. The number of nitrogens with two attached hydrogens (primary N) is 1. The van der Waals surface area contributed by atoms with Crippen LogP contribution in [0.3, 0.4) is 0 Å². The molecule has 3 aromatic rings. The number of nitrogens with one attached hydrogen (secondary N) is 1. The summed E-state index contributed by atoms with van der Waals surface area (Å²) in [4.78, 5) is 11.5. The van der Waals surface area contributed by atoms with Gasteiger partial charge in [-0.3, -0.25) is 0 Å². The van der Waals surface area contributed by atoms with Crippen LogP contribution >= 0.6 is 0 Å². The molecule has 2 aromatic carbocycles. The van der Waals surface area contributed by atoms with E-state index in [1.807, 2.05) is 18.3 Å². The van der Waals surface area contributed by atoms with Crippen molar-refractivity contribution in [1.29, 1.82) is 0 Å². The van der Waals surface area contributed by atoms with Gasteiger partial charge in [0.15, 0.2) is 0 Å². The highest BCUT2D eigenvalue weighted by atomic mass is 15.1. The van der Waals surface area contributed by atoms with Gasteiger partial charge in [0.25, 0.3) is 0 Å². The Morgan fingerprint density at radius 2 is 1.89 bits per heavy atom. The molecule has 0 aliphatic carbocycles. The lowest BCUT2D eigenvalue weighted by Crippen LogP contribution is -2.25. The Balaban J connectivity index is 1.71. The average Bonchev–Trinajstić information content (AvgIpc) is 2.69. The largest absolute Gasteiger partial charge is 0.399 e. The average molecular weight is 364 g/mol. The minimum Gasteiger partial charge on any atom is -0.399 e. The number of aryl methyl sites for hydroxylation is 1. The van der Waals surface area contributed by atoms with E-state index in [0.717, 1.165) is 60.3 Å². The Kier molecular flexibility index (Phi) is 6.24. The van der Waals surface area contributed by atoms with Gasteiger partial charge in [-0.15, -0.1) is 0 Å². The van der Waals surface area contributed by atoms with Crippen molar-refractivity contribution >= 4 is 22.5 Å². The quantitative estimate of drug-likeness (QED) is 0.460. The van der Waals surface area contributed by atoms with Crippen molar-refractivity contribution in [2.75, 3.05) is 37.2 Å². The SMILES string of the molecule is CCN(CC)CCCNc1ncc2cc(-c3cc(N)ccc3C)ccc2n1. The van der Waals surface area contributed by atoms with Gasteiger partial charge >= 0.3 is 0 Å². The second-order valence-electron chi connectivity index (χ2n) is 6.85. The Morgan fingerprint density at radius 3 is 2.67 bits per heavy atom. The number of rotatable bonds is 8. The number of nitrogens with zero attached hydrogens (tertiary/aromatic N) is 3. The van der Waals surface area contributed by atoms with E-state index in [2.05, 4.69) is 65.2 Å². The maximum atomic E-state index is 5.96. The molecule has 27 heavy (non-hydrogen) atoms. The number of benzene rings is 2. The summed E-state index contributed by atoms with van der Waals surface area (Å²) in [5.41, 5.74) is 11.2. The smallest absolute Gasteiger partial charge is 0.223 e. The molecule has 0 atom stereocenters. The summed E-state index contributed by atoms with van der Waals surface area (Å²) in [5.74, 6) is 0.690. The number of aromatic nitrogens is 2. The molecule has 0 aliphatic heterocycles. The van der Waals surface area contributed by atoms with Crippen LogP contribution in [0.25, 0.3) is 22.0 Å². The van der Waals surface area contributed by atoms with E-state index in [1.54, 1.807) is 0 Å². The maximum Gasteiger partial charge on any atom is 0.223 e. The van der Waals surface area contributed by atoms with Crippen molar-refractivity contribution in [1.82, 2.24) is 14.9 Å². The summed E-state index contributed by atoms with van der Waals surface area (Å²) in [6.07, 6.45) is 2.97. The Bertz CT molecular complexity index is 902. The molecule has 0 unspecified atom stereocenters. The topological polar surface area (TPSA) is 67.1 Å². The highest BCUT2D eigenvalue weighted by Gasteiger charge is 2.06. The summed E-state index contributed by atoms with van der Waals surface area (Å²) in [6, 6.07) is 12.3. The van der Waals surface area contributed by atoms with Crippen LogP contribution in [-0.2, 0) is 0 Å². The third kappa shape index (κ3) is 4.74. The van der Waals surface area contributed by atoms with Crippen molar-refractivity contribution in [2.45, 2.75) is 27.2 Å². The molecule has 0 spiro atoms. The van der Waals surface area contributed by atoms with Gasteiger partial charge in [0.05, 0.1) is 5.52 Å². The van der Waals surface area contributed by atoms with E-state index in [-0.39, 0.29) is 0 Å². The predicted molar refractivity (Wildman–Crippen MR) is 115 cm³/mol. The number of hydrogen-bond acceptors (Lipinski definition) is 5. The van der Waals surface area contributed by atoms with Gasteiger partial charge in [0.1, 0.15) is 0 Å². The lowest BCUT2D eigenvalue weighted by atomic mass is 9.99. The van der Waals surface area contributed by atoms with Gasteiger partial charge in [-0.05, 0) is 73.9 Å². The Hall–Kier alpha value is -2.66. The van der Waals surface area contributed by atoms with Gasteiger partial charge in [-0.25, -0.2) is 9.97 Å². The standard InChI is InChI=1S/C22H29N5/c1-4-27(5-2)12-6-11-24-22-25-15-18-13-17(8-10-21(18)26-22)20-14-19(23)9-7-16(20)3/h7-10,13-15H,4-6,11-12,23H2,1-3H3,(H,24,25,26). The molecule has 3 N–H and O–H groups in total. The summed E-state index contributed by atoms with van der Waals surface area (Å²) in [5, 5.41) is 4.37. The van der Waals surface area contributed by atoms with E-state index in [1.165, 1.54) is 5.56 Å². The fourth-order valence-corrected chi connectivity index (χ4v) is 3.28. The van der Waals surface area contributed by atoms with Crippen LogP contribution < -0.4 is 11.1 Å². The van der Waals surface area contributed by atoms with Gasteiger partial charge in [0.2, 0.25) is 5.95 Å². The maximum absolute atomic E-state index is 5.96. The van der Waals surface area contributed by atoms with E-state index in [4.69, 9.17) is 5.73 Å². The van der Waals surface area contributed by atoms with E-state index in [9.17, 15) is 0 Å². The monoisotopic (exact) mass is 363 g/mol. The first-order valence-corrected chi connectivity index (χ1v) is 9.70. The summed E-state index contributed by atoms with van der Waals surface area (Å²) < 4.78 is 0. The van der Waals surface area contributed by atoms with Crippen LogP contribution in [0.5, 0.6) is 0 Å². The molecular weight excluding hydrogens is 334 g/mol. The normalized spacial score (nSPS) is 11.3. The van der Waals surface area contributed by atoms with Crippen LogP contribution in [0, 0.1) is 6.92 Å². The molecule has 5 nitrogen and oxygen atoms in total. The molecule has 3 rings (SSSR count). The highest BCUT2D eigenvalue weighted by molar-refractivity contribution is 5.85. The zero-order chi connectivity index (χ0) is 19.2. The van der Waals surface area contributed by atoms with Crippen LogP contribution in [0.15, 0.2) is 42.6 Å². The number of fused-ring (bicyclic) bond motifs is 1. The molecule has 0 amide bonds. The molecule has 0 aliphatic rings. The van der Waals surface area contributed by atoms with Gasteiger partial charge in [0, 0.05) is 23.8 Å². The van der Waals surface area contributed by atoms with Gasteiger partial charge in [-0.1, -0.05) is 26.0 Å². The summed E-state index contributed by atoms with van der Waals surface area (Å²) >= 11 is 0. The van der Waals surface area contributed by atoms with Crippen LogP contribution in [0.1, 0.15) is 25.8 Å². The summed E-state index contributed by atoms with van der Waals surface area (Å²) in [7, 11) is 0. The molecule has 142 valence electrons. The molecule has 0 fully saturated rings. The first-order chi connectivity index (χ1) is 13.1. The fourth-order valence-electron chi connectivity index (χ4n) is 3.28. The molecule has 0 saturated heterocycles. The van der Waals surface area contributed by atoms with Crippen LogP contribution in [-0.4, -0.2) is 41.0 Å². The minimum atomic E-state index is 0.690. The molecule has 0 saturated carbocycles. The van der Waals surface area contributed by atoms with Crippen molar-refractivity contribution in [3.8, 4) is 11.1 Å². The van der Waals surface area contributed by atoms with E-state index >= 15 is 0 Å². The Morgan fingerprint density at radius 1 is 1.07 bits per heavy atom. The number of hydrogen-bond donors (Lipinski definition) is 2. The zero-order valence-electron chi connectivity index (χ0n) is 16.5. The number of nitrogen functional groups attached to an aromatic ring is 1. The van der Waals surface area contributed by atoms with Gasteiger partial charge in [-0.2, -0.15) is 0 Å². The molecule has 5 heteroatoms. The van der Waals surface area contributed by atoms with Crippen molar-refractivity contribution in [3.05, 3.63) is 48.2 Å². The zero-order valence-corrected chi connectivity index (χ0v) is 16.5. The summed E-state index contributed by atoms with van der Waals surface area (Å²) in [6.45, 7) is 10.7. The van der Waals surface area contributed by atoms with Crippen molar-refractivity contribution in [2.24, 2.45) is 0 Å². The fraction of sp³-hybridized carbons (Fsp3) is 0.364. The predicted octanol–water partition coefficient (Wildman–Crippen LogP) is 4.33. The highest BCUT2D eigenvalue weighted by Crippen LogP contribution is 2.28. The molecule has 1 aromatic heterocycles. The lowest BCUT2D eigenvalue weighted by Gasteiger charge is -2.17. The van der Waals surface area contributed by atoms with E-state index < -0.39 is 0 Å². The third-order valence-corrected chi connectivity index (χ3v) is 4.98. The number of anilines is 2. The van der Waals surface area contributed by atoms with E-state index in [0.29, 0.717) is 5.95 Å². The molecular formula is C22H29N5. The first-order valence-electron chi connectivity index (χ1n) is 9.70. The van der Waals surface area contributed by atoms with Crippen molar-refractivity contribution < 1.29 is 0 Å². The molecule has 0 bridgehead atoms. The molecule has 0 radical (unpaired) electrons. The lowest BCUT2D eigenvalue weighted by molar-refractivity contribution is 0.303. The molecule has 1 heterocycles. The van der Waals surface area contributed by atoms with Crippen LogP contribution in [0.4, 0.5) is 11.6 Å². The van der Waals surface area contributed by atoms with Crippen molar-refractivity contribution in [3.63, 3.8) is 0 Å². The van der Waals surface area contributed by atoms with Crippen LogP contribution in [0.2, 0.25) is 0 Å². The first kappa shape index (κ1) is 19.1. The second-order valence-corrected chi connectivity index (χ2v) is 6.85. The minimum absolute atomic E-state index is 0.690. The van der Waals surface area contributed by atoms with Gasteiger partial charge < -0.3 is 16.0 Å². The Labute approximate surface area is 161 Å². The third-order valence-electron chi connectivity index (χ3n) is 4.98.